The first-order chi connectivity index (χ1) is 10.8. The van der Waals surface area contributed by atoms with Crippen molar-refractivity contribution in [2.24, 2.45) is 5.73 Å². The van der Waals surface area contributed by atoms with Crippen molar-refractivity contribution in [1.82, 2.24) is 9.65 Å². The van der Waals surface area contributed by atoms with Crippen molar-refractivity contribution < 1.29 is 18.8 Å². The van der Waals surface area contributed by atoms with Crippen LogP contribution in [0.2, 0.25) is 0 Å². The van der Waals surface area contributed by atoms with E-state index >= 15 is 0 Å². The summed E-state index contributed by atoms with van der Waals surface area (Å²) in [6, 6.07) is 5.22. The van der Waals surface area contributed by atoms with E-state index in [1.54, 1.807) is 19.2 Å². The Morgan fingerprint density at radius 3 is 2.91 bits per heavy atom. The van der Waals surface area contributed by atoms with Gasteiger partial charge in [-0.3, -0.25) is 4.79 Å². The number of hydrogen-bond acceptors (Lipinski definition) is 3. The van der Waals surface area contributed by atoms with Crippen LogP contribution in [-0.2, 0) is 21.9 Å². The molecule has 2 aromatic rings. The molecule has 1 aromatic heterocycles. The van der Waals surface area contributed by atoms with Gasteiger partial charge in [0.1, 0.15) is 0 Å². The van der Waals surface area contributed by atoms with E-state index in [1.165, 1.54) is 11.8 Å². The molecular formula is C15H20N3O4P. The number of aromatic amines is 1. The van der Waals surface area contributed by atoms with Gasteiger partial charge >= 0.3 is 7.75 Å². The Hall–Kier alpha value is -1.66. The number of primary amides is 1. The predicted octanol–water partition coefficient (Wildman–Crippen LogP) is 1.80. The number of rotatable bonds is 4. The first-order valence-electron chi connectivity index (χ1n) is 7.38. The van der Waals surface area contributed by atoms with Gasteiger partial charge in [-0.15, -0.1) is 0 Å². The van der Waals surface area contributed by atoms with E-state index in [1.807, 2.05) is 6.07 Å². The van der Waals surface area contributed by atoms with E-state index in [0.29, 0.717) is 12.0 Å². The van der Waals surface area contributed by atoms with Gasteiger partial charge in [0.2, 0.25) is 5.91 Å². The van der Waals surface area contributed by atoms with Gasteiger partial charge < -0.3 is 20.1 Å². The number of aryl methyl sites for hydroxylation is 1. The molecule has 2 unspecified atom stereocenters. The number of aromatic nitrogens is 1. The molecule has 0 saturated heterocycles. The lowest BCUT2D eigenvalue weighted by atomic mass is 9.91. The minimum atomic E-state index is -3.76. The number of H-pyrrole nitrogens is 1. The van der Waals surface area contributed by atoms with Gasteiger partial charge in [-0.25, -0.2) is 9.24 Å². The number of likely N-dealkylation sites (N-methyl/N-ethyl adjacent to an activating group) is 1. The number of benzene rings is 1. The summed E-state index contributed by atoms with van der Waals surface area (Å²) >= 11 is 0. The third-order valence-electron chi connectivity index (χ3n) is 4.61. The lowest BCUT2D eigenvalue weighted by Gasteiger charge is -2.32. The minimum absolute atomic E-state index is 0.102. The number of nitrogens with one attached hydrogen (secondary N) is 1. The van der Waals surface area contributed by atoms with Crippen LogP contribution in [0.4, 0.5) is 0 Å². The molecule has 1 aromatic carbocycles. The van der Waals surface area contributed by atoms with Gasteiger partial charge in [0.25, 0.3) is 0 Å². The molecule has 1 heterocycles. The molecule has 23 heavy (non-hydrogen) atoms. The van der Waals surface area contributed by atoms with Crippen LogP contribution in [-0.4, -0.2) is 40.7 Å². The largest absolute Gasteiger partial charge is 0.405 e. The average Bonchev–Trinajstić information content (AvgIpc) is 2.90. The van der Waals surface area contributed by atoms with Crippen LogP contribution in [0.15, 0.2) is 18.2 Å². The Balaban J connectivity index is 1.99. The Kier molecular flexibility index (Phi) is 4.06. The van der Waals surface area contributed by atoms with Crippen molar-refractivity contribution in [3.63, 3.8) is 0 Å². The summed E-state index contributed by atoms with van der Waals surface area (Å²) in [6.07, 6.45) is 2.14. The van der Waals surface area contributed by atoms with E-state index in [0.717, 1.165) is 35.0 Å². The van der Waals surface area contributed by atoms with E-state index in [4.69, 9.17) is 10.3 Å². The highest BCUT2D eigenvalue weighted by molar-refractivity contribution is 7.50. The number of nitrogens with two attached hydrogens (primary N) is 1. The third kappa shape index (κ3) is 2.81. The van der Waals surface area contributed by atoms with Crippen molar-refractivity contribution in [2.75, 3.05) is 14.2 Å². The molecule has 0 fully saturated rings. The number of nitrogens with zero attached hydrogens (tertiary/aromatic N) is 1. The van der Waals surface area contributed by atoms with Gasteiger partial charge in [0, 0.05) is 35.3 Å². The number of fused-ring (bicyclic) bond motifs is 3. The van der Waals surface area contributed by atoms with Gasteiger partial charge in [0.15, 0.2) is 0 Å². The first kappa shape index (κ1) is 16.2. The minimum Gasteiger partial charge on any atom is -0.366 e. The fraction of sp³-hybridized carbons (Fsp3) is 0.400. The summed E-state index contributed by atoms with van der Waals surface area (Å²) in [7, 11) is -0.929. The summed E-state index contributed by atoms with van der Waals surface area (Å²) in [5.74, 6) is -0.467. The van der Waals surface area contributed by atoms with E-state index < -0.39 is 13.7 Å². The molecule has 124 valence electrons. The number of amides is 1. The van der Waals surface area contributed by atoms with Crippen LogP contribution in [0, 0.1) is 0 Å². The smallest absolute Gasteiger partial charge is 0.366 e. The molecule has 1 aliphatic rings. The maximum Gasteiger partial charge on any atom is 0.405 e. The topological polar surface area (TPSA) is 109 Å². The van der Waals surface area contributed by atoms with Gasteiger partial charge in [-0.05, 0) is 50.1 Å². The van der Waals surface area contributed by atoms with Crippen molar-refractivity contribution >= 4 is 24.6 Å². The Bertz CT molecular complexity index is 816. The zero-order valence-corrected chi connectivity index (χ0v) is 14.0. The first-order valence-corrected chi connectivity index (χ1v) is 8.91. The average molecular weight is 337 g/mol. The van der Waals surface area contributed by atoms with E-state index in [-0.39, 0.29) is 6.04 Å². The van der Waals surface area contributed by atoms with Gasteiger partial charge in [-0.2, -0.15) is 0 Å². The normalized spacial score (nSPS) is 20.4. The molecule has 1 amide bonds. The molecule has 7 nitrogen and oxygen atoms in total. The van der Waals surface area contributed by atoms with Gasteiger partial charge in [0.05, 0.1) is 0 Å². The summed E-state index contributed by atoms with van der Waals surface area (Å²) < 4.78 is 18.2. The Labute approximate surface area is 134 Å². The Morgan fingerprint density at radius 1 is 1.52 bits per heavy atom. The maximum atomic E-state index is 12.0. The SMILES string of the molecule is COP(=O)(O)N(C)C1CCc2[nH]c3ccc(C(N)=O)cc3c2C1. The summed E-state index contributed by atoms with van der Waals surface area (Å²) in [6.45, 7) is 0. The second-order valence-electron chi connectivity index (χ2n) is 5.85. The Morgan fingerprint density at radius 2 is 2.26 bits per heavy atom. The molecule has 3 rings (SSSR count). The molecule has 0 bridgehead atoms. The number of hydrogen-bond donors (Lipinski definition) is 3. The van der Waals surface area contributed by atoms with E-state index in [9.17, 15) is 14.3 Å². The summed E-state index contributed by atoms with van der Waals surface area (Å²) in [5.41, 5.74) is 8.94. The lowest BCUT2D eigenvalue weighted by molar-refractivity contribution is 0.100. The molecule has 2 atom stereocenters. The van der Waals surface area contributed by atoms with Crippen LogP contribution in [0.5, 0.6) is 0 Å². The highest BCUT2D eigenvalue weighted by Crippen LogP contribution is 2.47. The van der Waals surface area contributed by atoms with Crippen molar-refractivity contribution in [1.29, 1.82) is 0 Å². The van der Waals surface area contributed by atoms with Crippen molar-refractivity contribution in [3.8, 4) is 0 Å². The zero-order chi connectivity index (χ0) is 16.8. The van der Waals surface area contributed by atoms with Crippen LogP contribution in [0.25, 0.3) is 10.9 Å². The summed E-state index contributed by atoms with van der Waals surface area (Å²) in [4.78, 5) is 24.6. The van der Waals surface area contributed by atoms with E-state index in [2.05, 4.69) is 4.98 Å². The summed E-state index contributed by atoms with van der Waals surface area (Å²) in [5, 5.41) is 0.944. The zero-order valence-electron chi connectivity index (χ0n) is 13.1. The molecule has 0 spiro atoms. The van der Waals surface area contributed by atoms with Crippen LogP contribution in [0.3, 0.4) is 0 Å². The van der Waals surface area contributed by atoms with Crippen molar-refractivity contribution in [2.45, 2.75) is 25.3 Å². The number of carbonyl (C=O) groups is 1. The van der Waals surface area contributed by atoms with Crippen LogP contribution >= 0.6 is 7.75 Å². The third-order valence-corrected chi connectivity index (χ3v) is 6.21. The predicted molar refractivity (Wildman–Crippen MR) is 87.2 cm³/mol. The highest BCUT2D eigenvalue weighted by Gasteiger charge is 2.34. The molecular weight excluding hydrogens is 317 g/mol. The fourth-order valence-electron chi connectivity index (χ4n) is 3.21. The molecule has 0 aliphatic heterocycles. The van der Waals surface area contributed by atoms with Crippen LogP contribution < -0.4 is 5.73 Å². The lowest BCUT2D eigenvalue weighted by Crippen LogP contribution is -2.34. The van der Waals surface area contributed by atoms with Gasteiger partial charge in [-0.1, -0.05) is 0 Å². The molecule has 0 radical (unpaired) electrons. The molecule has 4 N–H and O–H groups in total. The van der Waals surface area contributed by atoms with Crippen molar-refractivity contribution in [3.05, 3.63) is 35.0 Å². The fourth-order valence-corrected chi connectivity index (χ4v) is 4.07. The molecule has 0 saturated carbocycles. The molecule has 1 aliphatic carbocycles. The maximum absolute atomic E-state index is 12.0. The monoisotopic (exact) mass is 337 g/mol. The molecule has 8 heteroatoms. The standard InChI is InChI=1S/C15H20N3O4P/c1-18(23(20,21)22-2)10-4-6-14-12(8-10)11-7-9(15(16)19)3-5-13(11)17-14/h3,5,7,10,17H,4,6,8H2,1-2H3,(H2,16,19)(H,20,21). The highest BCUT2D eigenvalue weighted by atomic mass is 31.2. The second-order valence-corrected chi connectivity index (χ2v) is 7.83. The quantitative estimate of drug-likeness (QED) is 0.737. The number of carbonyl (C=O) groups excluding carboxylic acids is 1. The van der Waals surface area contributed by atoms with Crippen LogP contribution in [0.1, 0.15) is 28.0 Å². The second kappa shape index (κ2) is 5.76.